The van der Waals surface area contributed by atoms with Crippen molar-refractivity contribution in [2.75, 3.05) is 18.9 Å². The van der Waals surface area contributed by atoms with Crippen LogP contribution in [0.25, 0.3) is 0 Å². The summed E-state index contributed by atoms with van der Waals surface area (Å²) in [5.74, 6) is 1.27. The van der Waals surface area contributed by atoms with E-state index in [0.29, 0.717) is 17.7 Å². The smallest absolute Gasteiger partial charge is 0.277 e. The third-order valence-corrected chi connectivity index (χ3v) is 4.25. The molecule has 0 spiro atoms. The number of aromatic nitrogens is 2. The van der Waals surface area contributed by atoms with Crippen molar-refractivity contribution in [1.29, 1.82) is 0 Å². The molecule has 0 radical (unpaired) electrons. The molecule has 2 aromatic rings. The number of amides is 1. The van der Waals surface area contributed by atoms with Crippen LogP contribution in [-0.4, -0.2) is 41.1 Å². The second-order valence-electron chi connectivity index (χ2n) is 5.29. The molecule has 1 aliphatic heterocycles. The minimum absolute atomic E-state index is 0.0733. The van der Waals surface area contributed by atoms with E-state index in [0.717, 1.165) is 25.2 Å². The minimum Gasteiger partial charge on any atom is -0.484 e. The van der Waals surface area contributed by atoms with Crippen molar-refractivity contribution in [3.63, 3.8) is 0 Å². The molecule has 1 atom stereocenters. The standard InChI is InChI=1S/C16H19N3O4S/c20-14(17-9-13-7-4-8-21-13)11-24-16-19-18-15(23-16)10-22-12-5-2-1-3-6-12/h1-3,5-6,13H,4,7-11H2,(H,17,20)/t13-/m1/s1. The Kier molecular flexibility index (Phi) is 6.08. The number of hydrogen-bond acceptors (Lipinski definition) is 7. The summed E-state index contributed by atoms with van der Waals surface area (Å²) in [5.41, 5.74) is 0. The average Bonchev–Trinajstić information content (AvgIpc) is 3.29. The van der Waals surface area contributed by atoms with Gasteiger partial charge in [-0.3, -0.25) is 4.79 Å². The minimum atomic E-state index is -0.0733. The zero-order valence-electron chi connectivity index (χ0n) is 13.1. The number of rotatable bonds is 8. The number of benzene rings is 1. The summed E-state index contributed by atoms with van der Waals surface area (Å²) in [6, 6.07) is 9.40. The lowest BCUT2D eigenvalue weighted by atomic mass is 10.2. The Morgan fingerprint density at radius 3 is 3.00 bits per heavy atom. The normalized spacial score (nSPS) is 16.9. The van der Waals surface area contributed by atoms with Crippen molar-refractivity contribution in [3.8, 4) is 5.75 Å². The van der Waals surface area contributed by atoms with Gasteiger partial charge in [-0.05, 0) is 25.0 Å². The summed E-state index contributed by atoms with van der Waals surface area (Å²) in [4.78, 5) is 11.8. The molecule has 1 fully saturated rings. The second-order valence-corrected chi connectivity index (χ2v) is 6.22. The number of nitrogens with zero attached hydrogens (tertiary/aromatic N) is 2. The van der Waals surface area contributed by atoms with Crippen molar-refractivity contribution in [2.24, 2.45) is 0 Å². The summed E-state index contributed by atoms with van der Waals surface area (Å²) < 4.78 is 16.4. The molecular formula is C16H19N3O4S. The predicted octanol–water partition coefficient (Wildman–Crippen LogP) is 2.04. The van der Waals surface area contributed by atoms with E-state index in [-0.39, 0.29) is 24.4 Å². The number of para-hydroxylation sites is 1. The number of nitrogens with one attached hydrogen (secondary N) is 1. The molecule has 0 bridgehead atoms. The van der Waals surface area contributed by atoms with Gasteiger partial charge in [-0.25, -0.2) is 0 Å². The van der Waals surface area contributed by atoms with Crippen LogP contribution in [0.5, 0.6) is 5.75 Å². The maximum atomic E-state index is 11.8. The van der Waals surface area contributed by atoms with Crippen LogP contribution in [0, 0.1) is 0 Å². The van der Waals surface area contributed by atoms with Gasteiger partial charge in [0.15, 0.2) is 6.61 Å². The van der Waals surface area contributed by atoms with Crippen molar-refractivity contribution in [3.05, 3.63) is 36.2 Å². The summed E-state index contributed by atoms with van der Waals surface area (Å²) in [7, 11) is 0. The quantitative estimate of drug-likeness (QED) is 0.730. The van der Waals surface area contributed by atoms with Crippen LogP contribution in [0.2, 0.25) is 0 Å². The molecule has 1 saturated heterocycles. The Morgan fingerprint density at radius 1 is 1.33 bits per heavy atom. The largest absolute Gasteiger partial charge is 0.484 e. The highest BCUT2D eigenvalue weighted by molar-refractivity contribution is 7.99. The number of hydrogen-bond donors (Lipinski definition) is 1. The van der Waals surface area contributed by atoms with Gasteiger partial charge in [-0.1, -0.05) is 30.0 Å². The summed E-state index contributed by atoms with van der Waals surface area (Å²) >= 11 is 1.20. The molecule has 1 amide bonds. The molecule has 8 heteroatoms. The van der Waals surface area contributed by atoms with Crippen molar-refractivity contribution in [1.82, 2.24) is 15.5 Å². The number of carbonyl (C=O) groups is 1. The van der Waals surface area contributed by atoms with Gasteiger partial charge in [0.2, 0.25) is 5.91 Å². The molecule has 0 aliphatic carbocycles. The molecule has 7 nitrogen and oxygen atoms in total. The molecule has 0 saturated carbocycles. The Bertz CT molecular complexity index is 644. The lowest BCUT2D eigenvalue weighted by molar-refractivity contribution is -0.119. The van der Waals surface area contributed by atoms with Crippen LogP contribution in [0.4, 0.5) is 0 Å². The van der Waals surface area contributed by atoms with E-state index in [1.165, 1.54) is 11.8 Å². The van der Waals surface area contributed by atoms with E-state index in [9.17, 15) is 4.79 Å². The fourth-order valence-corrected chi connectivity index (χ4v) is 2.84. The number of carbonyl (C=O) groups excluding carboxylic acids is 1. The molecule has 128 valence electrons. The highest BCUT2D eigenvalue weighted by Gasteiger charge is 2.16. The summed E-state index contributed by atoms with van der Waals surface area (Å²) in [6.07, 6.45) is 2.21. The van der Waals surface area contributed by atoms with E-state index >= 15 is 0 Å². The predicted molar refractivity (Wildman–Crippen MR) is 87.8 cm³/mol. The van der Waals surface area contributed by atoms with Crippen LogP contribution in [0.1, 0.15) is 18.7 Å². The van der Waals surface area contributed by atoms with Crippen molar-refractivity contribution >= 4 is 17.7 Å². The average molecular weight is 349 g/mol. The summed E-state index contributed by atoms with van der Waals surface area (Å²) in [6.45, 7) is 1.54. The van der Waals surface area contributed by atoms with Crippen molar-refractivity contribution in [2.45, 2.75) is 30.8 Å². The fourth-order valence-electron chi connectivity index (χ4n) is 2.23. The maximum Gasteiger partial charge on any atom is 0.277 e. The Balaban J connectivity index is 1.36. The number of ether oxygens (including phenoxy) is 2. The zero-order valence-corrected chi connectivity index (χ0v) is 14.0. The van der Waals surface area contributed by atoms with Gasteiger partial charge < -0.3 is 19.2 Å². The molecule has 2 heterocycles. The van der Waals surface area contributed by atoms with Crippen molar-refractivity contribution < 1.29 is 18.7 Å². The van der Waals surface area contributed by atoms with Gasteiger partial charge in [-0.15, -0.1) is 10.2 Å². The molecule has 24 heavy (non-hydrogen) atoms. The first-order valence-corrected chi connectivity index (χ1v) is 8.79. The zero-order chi connectivity index (χ0) is 16.6. The van der Waals surface area contributed by atoms with E-state index in [4.69, 9.17) is 13.9 Å². The highest BCUT2D eigenvalue weighted by Crippen LogP contribution is 2.17. The van der Waals surface area contributed by atoms with Gasteiger partial charge in [0.25, 0.3) is 11.1 Å². The lowest BCUT2D eigenvalue weighted by Gasteiger charge is -2.09. The van der Waals surface area contributed by atoms with E-state index in [2.05, 4.69) is 15.5 Å². The topological polar surface area (TPSA) is 86.5 Å². The Morgan fingerprint density at radius 2 is 2.21 bits per heavy atom. The molecule has 1 aromatic heterocycles. The van der Waals surface area contributed by atoms with Crippen LogP contribution in [0.15, 0.2) is 40.0 Å². The molecule has 1 aliphatic rings. The molecule has 1 aromatic carbocycles. The first-order chi connectivity index (χ1) is 11.8. The first-order valence-electron chi connectivity index (χ1n) is 7.81. The van der Waals surface area contributed by atoms with Crippen LogP contribution < -0.4 is 10.1 Å². The van der Waals surface area contributed by atoms with Gasteiger partial charge in [0, 0.05) is 13.2 Å². The first kappa shape index (κ1) is 16.8. The Hall–Kier alpha value is -2.06. The molecule has 0 unspecified atom stereocenters. The Labute approximate surface area is 144 Å². The van der Waals surface area contributed by atoms with E-state index in [1.54, 1.807) is 0 Å². The SMILES string of the molecule is O=C(CSc1nnc(COc2ccccc2)o1)NC[C@H]1CCCO1. The van der Waals surface area contributed by atoms with Gasteiger partial charge in [0.1, 0.15) is 5.75 Å². The van der Waals surface area contributed by atoms with E-state index < -0.39 is 0 Å². The van der Waals surface area contributed by atoms with Gasteiger partial charge in [-0.2, -0.15) is 0 Å². The third-order valence-electron chi connectivity index (χ3n) is 3.43. The van der Waals surface area contributed by atoms with Crippen LogP contribution in [-0.2, 0) is 16.1 Å². The van der Waals surface area contributed by atoms with Gasteiger partial charge in [0.05, 0.1) is 11.9 Å². The second kappa shape index (κ2) is 8.70. The fraction of sp³-hybridized carbons (Fsp3) is 0.438. The van der Waals surface area contributed by atoms with Crippen LogP contribution in [0.3, 0.4) is 0 Å². The van der Waals surface area contributed by atoms with E-state index in [1.807, 2.05) is 30.3 Å². The highest BCUT2D eigenvalue weighted by atomic mass is 32.2. The van der Waals surface area contributed by atoms with Gasteiger partial charge >= 0.3 is 0 Å². The molecule has 1 N–H and O–H groups in total. The third kappa shape index (κ3) is 5.24. The maximum absolute atomic E-state index is 11.8. The molecular weight excluding hydrogens is 330 g/mol. The van der Waals surface area contributed by atoms with Crippen LogP contribution >= 0.6 is 11.8 Å². The number of thioether (sulfide) groups is 1. The monoisotopic (exact) mass is 349 g/mol. The summed E-state index contributed by atoms with van der Waals surface area (Å²) in [5, 5.41) is 11.0. The molecule has 3 rings (SSSR count). The lowest BCUT2D eigenvalue weighted by Crippen LogP contribution is -2.32.